The van der Waals surface area contributed by atoms with E-state index in [4.69, 9.17) is 11.6 Å². The number of aliphatic hydroxyl groups is 1. The maximum absolute atomic E-state index is 11.2. The summed E-state index contributed by atoms with van der Waals surface area (Å²) in [5, 5.41) is 9.77. The third-order valence-electron chi connectivity index (χ3n) is 3.05. The van der Waals surface area contributed by atoms with Gasteiger partial charge in [-0.2, -0.15) is 0 Å². The highest BCUT2D eigenvalue weighted by atomic mass is 35.5. The molecule has 0 aliphatic heterocycles. The average Bonchev–Trinajstić information content (AvgIpc) is 2.47. The van der Waals surface area contributed by atoms with E-state index in [9.17, 15) is 9.90 Å². The molecule has 0 saturated carbocycles. The fourth-order valence-electron chi connectivity index (χ4n) is 2.16. The molecule has 0 fully saturated rings. The zero-order chi connectivity index (χ0) is 14.4. The van der Waals surface area contributed by atoms with Crippen LogP contribution >= 0.6 is 11.6 Å². The van der Waals surface area contributed by atoms with Gasteiger partial charge in [0.15, 0.2) is 6.29 Å². The van der Waals surface area contributed by atoms with Crippen LogP contribution in [0.25, 0.3) is 0 Å². The van der Waals surface area contributed by atoms with E-state index in [1.54, 1.807) is 18.2 Å². The molecular formula is C16H16ClNO2. The van der Waals surface area contributed by atoms with Crippen molar-refractivity contribution in [3.63, 3.8) is 0 Å². The first-order valence-corrected chi connectivity index (χ1v) is 6.77. The first-order valence-electron chi connectivity index (χ1n) is 6.39. The maximum Gasteiger partial charge on any atom is 0.152 e. The highest BCUT2D eigenvalue weighted by molar-refractivity contribution is 6.33. The van der Waals surface area contributed by atoms with Crippen molar-refractivity contribution in [2.75, 3.05) is 18.1 Å². The Morgan fingerprint density at radius 3 is 2.50 bits per heavy atom. The lowest BCUT2D eigenvalue weighted by Gasteiger charge is -2.26. The van der Waals surface area contributed by atoms with Gasteiger partial charge in [0.1, 0.15) is 0 Å². The monoisotopic (exact) mass is 289 g/mol. The standard InChI is InChI=1S/C16H16ClNO2/c17-15-8-4-7-14(12-20)16(15)18(9-10-19)11-13-5-2-1-3-6-13/h1-8,12,19H,9-11H2. The normalized spacial score (nSPS) is 10.3. The average molecular weight is 290 g/mol. The molecule has 0 aromatic heterocycles. The van der Waals surface area contributed by atoms with Crippen molar-refractivity contribution in [3.05, 3.63) is 64.7 Å². The van der Waals surface area contributed by atoms with Crippen molar-refractivity contribution < 1.29 is 9.90 Å². The van der Waals surface area contributed by atoms with E-state index in [2.05, 4.69) is 0 Å². The van der Waals surface area contributed by atoms with Crippen LogP contribution in [0.1, 0.15) is 15.9 Å². The van der Waals surface area contributed by atoms with Gasteiger partial charge in [-0.25, -0.2) is 0 Å². The molecule has 0 aliphatic rings. The summed E-state index contributed by atoms with van der Waals surface area (Å²) in [4.78, 5) is 13.1. The Labute approximate surface area is 123 Å². The van der Waals surface area contributed by atoms with E-state index in [0.717, 1.165) is 11.8 Å². The number of rotatable bonds is 6. The smallest absolute Gasteiger partial charge is 0.152 e. The Balaban J connectivity index is 2.36. The molecule has 4 heteroatoms. The molecule has 0 aliphatic carbocycles. The molecule has 0 heterocycles. The third kappa shape index (κ3) is 3.38. The molecule has 0 radical (unpaired) electrons. The molecular weight excluding hydrogens is 274 g/mol. The first kappa shape index (κ1) is 14.6. The second kappa shape index (κ2) is 7.08. The Kier molecular flexibility index (Phi) is 5.16. The molecule has 0 atom stereocenters. The van der Waals surface area contributed by atoms with Gasteiger partial charge in [-0.3, -0.25) is 4.79 Å². The summed E-state index contributed by atoms with van der Waals surface area (Å²) in [6.45, 7) is 1.00. The Morgan fingerprint density at radius 2 is 1.85 bits per heavy atom. The number of aldehydes is 1. The van der Waals surface area contributed by atoms with Crippen molar-refractivity contribution in [2.24, 2.45) is 0 Å². The number of nitrogens with zero attached hydrogens (tertiary/aromatic N) is 1. The third-order valence-corrected chi connectivity index (χ3v) is 3.35. The lowest BCUT2D eigenvalue weighted by atomic mass is 10.1. The maximum atomic E-state index is 11.2. The van der Waals surface area contributed by atoms with Crippen LogP contribution in [0.5, 0.6) is 0 Å². The zero-order valence-corrected chi connectivity index (χ0v) is 11.8. The molecule has 0 unspecified atom stereocenters. The van der Waals surface area contributed by atoms with Crippen molar-refractivity contribution in [2.45, 2.75) is 6.54 Å². The van der Waals surface area contributed by atoms with Crippen molar-refractivity contribution in [1.29, 1.82) is 0 Å². The predicted molar refractivity (Wildman–Crippen MR) is 81.4 cm³/mol. The Hall–Kier alpha value is -1.84. The summed E-state index contributed by atoms with van der Waals surface area (Å²) in [5.41, 5.74) is 2.29. The van der Waals surface area contributed by atoms with Crippen molar-refractivity contribution >= 4 is 23.6 Å². The highest BCUT2D eigenvalue weighted by Crippen LogP contribution is 2.30. The molecule has 0 bridgehead atoms. The first-order chi connectivity index (χ1) is 9.76. The number of carbonyl (C=O) groups excluding carboxylic acids is 1. The molecule has 1 N–H and O–H groups in total. The SMILES string of the molecule is O=Cc1cccc(Cl)c1N(CCO)Cc1ccccc1. The van der Waals surface area contributed by atoms with Gasteiger partial charge in [-0.1, -0.05) is 48.0 Å². The molecule has 104 valence electrons. The number of halogens is 1. The van der Waals surface area contributed by atoms with E-state index in [0.29, 0.717) is 29.4 Å². The van der Waals surface area contributed by atoms with E-state index >= 15 is 0 Å². The van der Waals surface area contributed by atoms with Gasteiger partial charge in [0, 0.05) is 18.7 Å². The molecule has 20 heavy (non-hydrogen) atoms. The van der Waals surface area contributed by atoms with Gasteiger partial charge in [-0.15, -0.1) is 0 Å². The van der Waals surface area contributed by atoms with Crippen LogP contribution in [-0.4, -0.2) is 24.5 Å². The minimum absolute atomic E-state index is 0.00362. The summed E-state index contributed by atoms with van der Waals surface area (Å²) in [6.07, 6.45) is 0.788. The van der Waals surface area contributed by atoms with Crippen LogP contribution in [0.15, 0.2) is 48.5 Å². The minimum Gasteiger partial charge on any atom is -0.395 e. The largest absolute Gasteiger partial charge is 0.395 e. The summed E-state index contributed by atoms with van der Waals surface area (Å²) in [6, 6.07) is 15.1. The van der Waals surface area contributed by atoms with E-state index in [-0.39, 0.29) is 6.61 Å². The Bertz CT molecular complexity index is 572. The van der Waals surface area contributed by atoms with E-state index < -0.39 is 0 Å². The molecule has 0 saturated heterocycles. The molecule has 3 nitrogen and oxygen atoms in total. The van der Waals surface area contributed by atoms with Crippen LogP contribution in [0.3, 0.4) is 0 Å². The molecule has 0 amide bonds. The van der Waals surface area contributed by atoms with Crippen LogP contribution in [0.4, 0.5) is 5.69 Å². The van der Waals surface area contributed by atoms with Gasteiger partial charge < -0.3 is 10.0 Å². The summed E-state index contributed by atoms with van der Waals surface area (Å²) >= 11 is 6.22. The number of anilines is 1. The number of hydrogen-bond acceptors (Lipinski definition) is 3. The molecule has 2 aromatic carbocycles. The zero-order valence-electron chi connectivity index (χ0n) is 11.0. The number of aliphatic hydroxyl groups excluding tert-OH is 1. The van der Waals surface area contributed by atoms with Gasteiger partial charge in [-0.05, 0) is 17.7 Å². The number of hydrogen-bond donors (Lipinski definition) is 1. The number of benzene rings is 2. The second-order valence-corrected chi connectivity index (χ2v) is 4.83. The van der Waals surface area contributed by atoms with Gasteiger partial charge in [0.05, 0.1) is 17.3 Å². The van der Waals surface area contributed by atoms with Crippen LogP contribution in [-0.2, 0) is 6.54 Å². The Morgan fingerprint density at radius 1 is 1.10 bits per heavy atom. The van der Waals surface area contributed by atoms with E-state index in [1.165, 1.54) is 0 Å². The number of para-hydroxylation sites is 1. The van der Waals surface area contributed by atoms with Crippen LogP contribution in [0, 0.1) is 0 Å². The summed E-state index contributed by atoms with van der Waals surface area (Å²) in [7, 11) is 0. The van der Waals surface area contributed by atoms with Crippen LogP contribution < -0.4 is 4.90 Å². The molecule has 2 rings (SSSR count). The van der Waals surface area contributed by atoms with Crippen LogP contribution in [0.2, 0.25) is 5.02 Å². The summed E-state index contributed by atoms with van der Waals surface area (Å²) < 4.78 is 0. The summed E-state index contributed by atoms with van der Waals surface area (Å²) in [5.74, 6) is 0. The lowest BCUT2D eigenvalue weighted by Crippen LogP contribution is -2.27. The van der Waals surface area contributed by atoms with Gasteiger partial charge in [0.2, 0.25) is 0 Å². The van der Waals surface area contributed by atoms with Crippen molar-refractivity contribution in [3.8, 4) is 0 Å². The predicted octanol–water partition coefficient (Wildman–Crippen LogP) is 3.15. The topological polar surface area (TPSA) is 40.5 Å². The number of carbonyl (C=O) groups is 1. The molecule has 2 aromatic rings. The quantitative estimate of drug-likeness (QED) is 0.831. The van der Waals surface area contributed by atoms with Gasteiger partial charge in [0.25, 0.3) is 0 Å². The van der Waals surface area contributed by atoms with E-state index in [1.807, 2.05) is 35.2 Å². The van der Waals surface area contributed by atoms with Crippen molar-refractivity contribution in [1.82, 2.24) is 0 Å². The fourth-order valence-corrected chi connectivity index (χ4v) is 2.46. The highest BCUT2D eigenvalue weighted by Gasteiger charge is 2.14. The molecule has 0 spiro atoms. The fraction of sp³-hybridized carbons (Fsp3) is 0.188. The van der Waals surface area contributed by atoms with Gasteiger partial charge >= 0.3 is 0 Å². The minimum atomic E-state index is -0.00362. The second-order valence-electron chi connectivity index (χ2n) is 4.43. The lowest BCUT2D eigenvalue weighted by molar-refractivity contribution is 0.112.